The molecule has 1 aromatic heterocycles. The van der Waals surface area contributed by atoms with Crippen LogP contribution in [0.15, 0.2) is 42.5 Å². The molecule has 94 valence electrons. The summed E-state index contributed by atoms with van der Waals surface area (Å²) >= 11 is 1.89. The Kier molecular flexibility index (Phi) is 3.00. The highest BCUT2D eigenvalue weighted by molar-refractivity contribution is 7.15. The summed E-state index contributed by atoms with van der Waals surface area (Å²) < 4.78 is 0. The standard InChI is InChI=1S/C16H19NS/c1-16(2)10-15(16)17-11-13-8-9-14(18-13)12-6-4-3-5-7-12/h3-9,15,17H,10-11H2,1-2H3. The van der Waals surface area contributed by atoms with Crippen molar-refractivity contribution in [3.05, 3.63) is 47.3 Å². The smallest absolute Gasteiger partial charge is 0.0346 e. The van der Waals surface area contributed by atoms with Gasteiger partial charge >= 0.3 is 0 Å². The summed E-state index contributed by atoms with van der Waals surface area (Å²) in [4.78, 5) is 2.79. The Morgan fingerprint density at radius 3 is 2.56 bits per heavy atom. The van der Waals surface area contributed by atoms with Gasteiger partial charge in [0.2, 0.25) is 0 Å². The van der Waals surface area contributed by atoms with E-state index in [1.165, 1.54) is 21.7 Å². The summed E-state index contributed by atoms with van der Waals surface area (Å²) in [6.07, 6.45) is 1.31. The van der Waals surface area contributed by atoms with Gasteiger partial charge in [0.1, 0.15) is 0 Å². The quantitative estimate of drug-likeness (QED) is 0.861. The Hall–Kier alpha value is -1.12. The molecule has 1 N–H and O–H groups in total. The van der Waals surface area contributed by atoms with Crippen molar-refractivity contribution in [2.45, 2.75) is 32.9 Å². The van der Waals surface area contributed by atoms with E-state index < -0.39 is 0 Å². The Bertz CT molecular complexity index is 527. The van der Waals surface area contributed by atoms with Crippen molar-refractivity contribution in [1.82, 2.24) is 5.32 Å². The van der Waals surface area contributed by atoms with E-state index in [0.29, 0.717) is 11.5 Å². The lowest BCUT2D eigenvalue weighted by Crippen LogP contribution is -2.19. The van der Waals surface area contributed by atoms with E-state index in [9.17, 15) is 0 Å². The fourth-order valence-electron chi connectivity index (χ4n) is 2.27. The normalized spacial score (nSPS) is 20.9. The third kappa shape index (κ3) is 2.50. The Labute approximate surface area is 113 Å². The maximum absolute atomic E-state index is 3.64. The van der Waals surface area contributed by atoms with Crippen LogP contribution in [0.3, 0.4) is 0 Å². The molecule has 1 saturated carbocycles. The van der Waals surface area contributed by atoms with Crippen LogP contribution in [0.4, 0.5) is 0 Å². The van der Waals surface area contributed by atoms with E-state index in [1.54, 1.807) is 0 Å². The molecule has 0 radical (unpaired) electrons. The van der Waals surface area contributed by atoms with Crippen molar-refractivity contribution < 1.29 is 0 Å². The molecule has 1 aliphatic rings. The van der Waals surface area contributed by atoms with Crippen LogP contribution in [0.2, 0.25) is 0 Å². The van der Waals surface area contributed by atoms with Gasteiger partial charge in [-0.1, -0.05) is 44.2 Å². The van der Waals surface area contributed by atoms with Gasteiger partial charge in [-0.2, -0.15) is 0 Å². The minimum atomic E-state index is 0.513. The Balaban J connectivity index is 1.64. The van der Waals surface area contributed by atoms with Crippen LogP contribution >= 0.6 is 11.3 Å². The fourth-order valence-corrected chi connectivity index (χ4v) is 3.23. The van der Waals surface area contributed by atoms with Crippen LogP contribution in [0.1, 0.15) is 25.1 Å². The lowest BCUT2D eigenvalue weighted by Gasteiger charge is -2.04. The molecule has 18 heavy (non-hydrogen) atoms. The van der Waals surface area contributed by atoms with Crippen LogP contribution in [-0.2, 0) is 6.54 Å². The Morgan fingerprint density at radius 2 is 1.89 bits per heavy atom. The monoisotopic (exact) mass is 257 g/mol. The second-order valence-electron chi connectivity index (χ2n) is 5.76. The van der Waals surface area contributed by atoms with E-state index in [-0.39, 0.29) is 0 Å². The van der Waals surface area contributed by atoms with E-state index in [0.717, 1.165) is 6.54 Å². The minimum Gasteiger partial charge on any atom is -0.309 e. The van der Waals surface area contributed by atoms with Crippen LogP contribution in [-0.4, -0.2) is 6.04 Å². The molecule has 2 aromatic rings. The Morgan fingerprint density at radius 1 is 1.17 bits per heavy atom. The molecule has 3 rings (SSSR count). The number of hydrogen-bond acceptors (Lipinski definition) is 2. The molecule has 1 unspecified atom stereocenters. The first-order valence-electron chi connectivity index (χ1n) is 6.53. The van der Waals surface area contributed by atoms with Crippen LogP contribution in [0.25, 0.3) is 10.4 Å². The first kappa shape index (κ1) is 11.9. The van der Waals surface area contributed by atoms with Gasteiger partial charge in [-0.3, -0.25) is 0 Å². The fraction of sp³-hybridized carbons (Fsp3) is 0.375. The van der Waals surface area contributed by atoms with Gasteiger partial charge in [0.15, 0.2) is 0 Å². The summed E-state index contributed by atoms with van der Waals surface area (Å²) in [7, 11) is 0. The number of thiophene rings is 1. The average Bonchev–Trinajstić information content (AvgIpc) is 2.79. The van der Waals surface area contributed by atoms with E-state index in [1.807, 2.05) is 11.3 Å². The predicted molar refractivity (Wildman–Crippen MR) is 78.8 cm³/mol. The van der Waals surface area contributed by atoms with Gasteiger partial charge in [0.25, 0.3) is 0 Å². The zero-order valence-electron chi connectivity index (χ0n) is 10.9. The summed E-state index contributed by atoms with van der Waals surface area (Å²) in [5.74, 6) is 0. The minimum absolute atomic E-state index is 0.513. The van der Waals surface area contributed by atoms with Gasteiger partial charge in [-0.05, 0) is 29.5 Å². The molecule has 0 saturated heterocycles. The molecule has 0 bridgehead atoms. The van der Waals surface area contributed by atoms with Crippen LogP contribution in [0, 0.1) is 5.41 Å². The zero-order chi connectivity index (χ0) is 12.6. The molecule has 1 aromatic carbocycles. The molecule has 1 aliphatic carbocycles. The molecule has 0 spiro atoms. The highest BCUT2D eigenvalue weighted by Gasteiger charge is 2.44. The van der Waals surface area contributed by atoms with Crippen LogP contribution < -0.4 is 5.32 Å². The third-order valence-corrected chi connectivity index (χ3v) is 4.89. The van der Waals surface area contributed by atoms with E-state index >= 15 is 0 Å². The van der Waals surface area contributed by atoms with E-state index in [2.05, 4.69) is 61.6 Å². The van der Waals surface area contributed by atoms with Crippen LogP contribution in [0.5, 0.6) is 0 Å². The lowest BCUT2D eigenvalue weighted by molar-refractivity contribution is 0.544. The number of nitrogens with one attached hydrogen (secondary N) is 1. The van der Waals surface area contributed by atoms with Crippen molar-refractivity contribution in [3.63, 3.8) is 0 Å². The second kappa shape index (κ2) is 4.52. The summed E-state index contributed by atoms with van der Waals surface area (Å²) in [5, 5.41) is 3.64. The van der Waals surface area contributed by atoms with Crippen molar-refractivity contribution in [3.8, 4) is 10.4 Å². The third-order valence-electron chi connectivity index (χ3n) is 3.76. The maximum atomic E-state index is 3.64. The van der Waals surface area contributed by atoms with Gasteiger partial charge in [0.05, 0.1) is 0 Å². The molecule has 0 aliphatic heterocycles. The largest absolute Gasteiger partial charge is 0.309 e. The number of benzene rings is 1. The topological polar surface area (TPSA) is 12.0 Å². The van der Waals surface area contributed by atoms with Crippen molar-refractivity contribution in [2.24, 2.45) is 5.41 Å². The molecular weight excluding hydrogens is 238 g/mol. The van der Waals surface area contributed by atoms with Gasteiger partial charge in [0, 0.05) is 22.3 Å². The number of hydrogen-bond donors (Lipinski definition) is 1. The average molecular weight is 257 g/mol. The number of rotatable bonds is 4. The van der Waals surface area contributed by atoms with Crippen molar-refractivity contribution in [2.75, 3.05) is 0 Å². The molecule has 1 atom stereocenters. The zero-order valence-corrected chi connectivity index (χ0v) is 11.8. The summed E-state index contributed by atoms with van der Waals surface area (Å²) in [6, 6.07) is 15.8. The maximum Gasteiger partial charge on any atom is 0.0346 e. The summed E-state index contributed by atoms with van der Waals surface area (Å²) in [6.45, 7) is 5.66. The first-order valence-corrected chi connectivity index (χ1v) is 7.34. The van der Waals surface area contributed by atoms with Gasteiger partial charge < -0.3 is 5.32 Å². The lowest BCUT2D eigenvalue weighted by atomic mass is 10.2. The molecule has 1 nitrogen and oxygen atoms in total. The highest BCUT2D eigenvalue weighted by Crippen LogP contribution is 2.44. The molecule has 0 amide bonds. The molecular formula is C16H19NS. The molecule has 1 fully saturated rings. The molecule has 2 heteroatoms. The van der Waals surface area contributed by atoms with Crippen molar-refractivity contribution in [1.29, 1.82) is 0 Å². The predicted octanol–water partition coefficient (Wildman–Crippen LogP) is 4.30. The highest BCUT2D eigenvalue weighted by atomic mass is 32.1. The van der Waals surface area contributed by atoms with Gasteiger partial charge in [-0.15, -0.1) is 11.3 Å². The summed E-state index contributed by atoms with van der Waals surface area (Å²) in [5.41, 5.74) is 1.83. The van der Waals surface area contributed by atoms with Gasteiger partial charge in [-0.25, -0.2) is 0 Å². The van der Waals surface area contributed by atoms with Crippen molar-refractivity contribution >= 4 is 11.3 Å². The second-order valence-corrected chi connectivity index (χ2v) is 6.93. The first-order chi connectivity index (χ1) is 8.65. The SMILES string of the molecule is CC1(C)CC1NCc1ccc(-c2ccccc2)s1. The van der Waals surface area contributed by atoms with E-state index in [4.69, 9.17) is 0 Å². The molecule has 1 heterocycles.